The highest BCUT2D eigenvalue weighted by Gasteiger charge is 2.34. The molecule has 0 bridgehead atoms. The van der Waals surface area contributed by atoms with Gasteiger partial charge in [-0.05, 0) is 65.8 Å². The molecule has 1 atom stereocenters. The summed E-state index contributed by atoms with van der Waals surface area (Å²) in [4.78, 5) is 16.9. The molecule has 2 aromatic carbocycles. The molecule has 168 valence electrons. The van der Waals surface area contributed by atoms with E-state index < -0.39 is 44.3 Å². The Morgan fingerprint density at radius 2 is 1.90 bits per heavy atom. The molecule has 7 nitrogen and oxygen atoms in total. The summed E-state index contributed by atoms with van der Waals surface area (Å²) < 4.78 is 54.6. The van der Waals surface area contributed by atoms with Crippen molar-refractivity contribution in [2.75, 3.05) is 19.4 Å². The summed E-state index contributed by atoms with van der Waals surface area (Å²) in [7, 11) is -1.84. The molecule has 1 aliphatic rings. The van der Waals surface area contributed by atoms with E-state index in [1.165, 1.54) is 14.1 Å². The Balaban J connectivity index is 1.74. The Labute approximate surface area is 197 Å². The van der Waals surface area contributed by atoms with Gasteiger partial charge in [-0.2, -0.15) is 0 Å². The Morgan fingerprint density at radius 3 is 2.48 bits per heavy atom. The van der Waals surface area contributed by atoms with Gasteiger partial charge >= 0.3 is 0 Å². The normalized spacial score (nSPS) is 15.1. The van der Waals surface area contributed by atoms with Gasteiger partial charge in [-0.3, -0.25) is 4.79 Å². The molecule has 0 heterocycles. The molecule has 0 aliphatic heterocycles. The van der Waals surface area contributed by atoms with Gasteiger partial charge in [0.2, 0.25) is 10.0 Å². The largest absolute Gasteiger partial charge is 0.357 e. The first-order valence-corrected chi connectivity index (χ1v) is 12.0. The summed E-state index contributed by atoms with van der Waals surface area (Å²) in [6, 6.07) is 7.10. The molecule has 3 rings (SSSR count). The van der Waals surface area contributed by atoms with E-state index >= 15 is 0 Å². The zero-order valence-corrected chi connectivity index (χ0v) is 20.2. The number of carbonyl (C=O) groups excluding carboxylic acids is 1. The molecule has 2 N–H and O–H groups in total. The van der Waals surface area contributed by atoms with Crippen LogP contribution in [0.3, 0.4) is 0 Å². The van der Waals surface area contributed by atoms with Crippen molar-refractivity contribution in [2.24, 2.45) is 5.92 Å². The third-order valence-electron chi connectivity index (χ3n) is 4.61. The number of rotatable bonds is 8. The lowest BCUT2D eigenvalue weighted by molar-refractivity contribution is -0.0129. The summed E-state index contributed by atoms with van der Waals surface area (Å²) in [6.07, 6.45) is 1.08. The number of benzene rings is 2. The van der Waals surface area contributed by atoms with Crippen molar-refractivity contribution in [3.63, 3.8) is 0 Å². The van der Waals surface area contributed by atoms with Gasteiger partial charge in [0.05, 0.1) is 16.3 Å². The maximum atomic E-state index is 14.4. The average molecular weight is 586 g/mol. The van der Waals surface area contributed by atoms with E-state index in [1.807, 2.05) is 6.07 Å². The molecule has 1 amide bonds. The molecule has 0 aromatic heterocycles. The maximum absolute atomic E-state index is 14.4. The summed E-state index contributed by atoms with van der Waals surface area (Å²) in [6.45, 7) is 0. The number of carbonyl (C=O) groups is 1. The fourth-order valence-corrected chi connectivity index (χ4v) is 4.54. The Kier molecular flexibility index (Phi) is 7.41. The van der Waals surface area contributed by atoms with E-state index in [1.54, 1.807) is 12.1 Å². The van der Waals surface area contributed by atoms with Crippen LogP contribution < -0.4 is 10.8 Å². The number of amides is 1. The molecule has 31 heavy (non-hydrogen) atoms. The predicted octanol–water partition coefficient (Wildman–Crippen LogP) is 3.98. The molecule has 1 saturated carbocycles. The van der Waals surface area contributed by atoms with Crippen LogP contribution in [0.1, 0.15) is 23.2 Å². The standard InChI is InChI=1S/C19H19ClF2IN3O4S/c1-26(2)31(28,29)15-8-6-12(16(21)17(15)22)18(27)25-30-19(10-3-4-10)24-14-7-5-11(23)9-13(14)20/h5-10,19,24H,3-4H2,1-2H3,(H,25,27). The van der Waals surface area contributed by atoms with Gasteiger partial charge in [0.25, 0.3) is 5.91 Å². The van der Waals surface area contributed by atoms with Gasteiger partial charge in [0.15, 0.2) is 17.9 Å². The van der Waals surface area contributed by atoms with Gasteiger partial charge in [-0.15, -0.1) is 0 Å². The van der Waals surface area contributed by atoms with E-state index in [-0.39, 0.29) is 5.92 Å². The van der Waals surface area contributed by atoms with Gasteiger partial charge in [0, 0.05) is 23.6 Å². The van der Waals surface area contributed by atoms with E-state index in [0.717, 1.165) is 32.8 Å². The minimum atomic E-state index is -4.21. The number of anilines is 1. The van der Waals surface area contributed by atoms with Gasteiger partial charge < -0.3 is 5.32 Å². The molecule has 2 aromatic rings. The van der Waals surface area contributed by atoms with Gasteiger partial charge in [0.1, 0.15) is 4.90 Å². The first-order chi connectivity index (χ1) is 14.5. The highest BCUT2D eigenvalue weighted by Crippen LogP contribution is 2.36. The van der Waals surface area contributed by atoms with E-state index in [0.29, 0.717) is 10.7 Å². The van der Waals surface area contributed by atoms with Crippen molar-refractivity contribution < 1.29 is 26.8 Å². The lowest BCUT2D eigenvalue weighted by atomic mass is 10.2. The molecule has 1 aliphatic carbocycles. The lowest BCUT2D eigenvalue weighted by Gasteiger charge is -2.21. The number of hydrogen-bond donors (Lipinski definition) is 2. The van der Waals surface area contributed by atoms with Crippen molar-refractivity contribution in [3.8, 4) is 0 Å². The minimum Gasteiger partial charge on any atom is -0.357 e. The second-order valence-electron chi connectivity index (χ2n) is 7.10. The van der Waals surface area contributed by atoms with Crippen LogP contribution in [-0.4, -0.2) is 39.0 Å². The van der Waals surface area contributed by atoms with Crippen LogP contribution in [0.2, 0.25) is 5.02 Å². The fourth-order valence-electron chi connectivity index (χ4n) is 2.68. The number of hydrogen-bond acceptors (Lipinski definition) is 5. The van der Waals surface area contributed by atoms with E-state index in [4.69, 9.17) is 16.4 Å². The van der Waals surface area contributed by atoms with Crippen molar-refractivity contribution in [2.45, 2.75) is 24.0 Å². The van der Waals surface area contributed by atoms with E-state index in [2.05, 4.69) is 33.4 Å². The topological polar surface area (TPSA) is 87.7 Å². The zero-order chi connectivity index (χ0) is 22.9. The molecular weight excluding hydrogens is 567 g/mol. The Bertz CT molecular complexity index is 1110. The van der Waals surface area contributed by atoms with Crippen LogP contribution in [-0.2, 0) is 14.9 Å². The van der Waals surface area contributed by atoms with Crippen LogP contribution in [0, 0.1) is 21.1 Å². The minimum absolute atomic E-state index is 0.102. The SMILES string of the molecule is CN(C)S(=O)(=O)c1ccc(C(=O)NOC(Nc2ccc(I)cc2Cl)C2CC2)c(F)c1F. The fraction of sp³-hybridized carbons (Fsp3) is 0.316. The van der Waals surface area contributed by atoms with Crippen LogP contribution in [0.4, 0.5) is 14.5 Å². The summed E-state index contributed by atoms with van der Waals surface area (Å²) >= 11 is 8.34. The quantitative estimate of drug-likeness (QED) is 0.278. The second kappa shape index (κ2) is 9.53. The first-order valence-electron chi connectivity index (χ1n) is 9.10. The highest BCUT2D eigenvalue weighted by molar-refractivity contribution is 14.1. The number of nitrogens with zero attached hydrogens (tertiary/aromatic N) is 1. The molecule has 0 radical (unpaired) electrons. The van der Waals surface area contributed by atoms with E-state index in [9.17, 15) is 22.0 Å². The van der Waals surface area contributed by atoms with Gasteiger partial charge in [-0.25, -0.2) is 31.8 Å². The van der Waals surface area contributed by atoms with Crippen LogP contribution >= 0.6 is 34.2 Å². The lowest BCUT2D eigenvalue weighted by Crippen LogP contribution is -2.36. The number of halogens is 4. The van der Waals surface area contributed by atoms with Gasteiger partial charge in [-0.1, -0.05) is 11.6 Å². The second-order valence-corrected chi connectivity index (χ2v) is 10.9. The van der Waals surface area contributed by atoms with Crippen molar-refractivity contribution in [1.29, 1.82) is 0 Å². The zero-order valence-electron chi connectivity index (χ0n) is 16.5. The Hall–Kier alpha value is -1.54. The smallest absolute Gasteiger partial charge is 0.278 e. The molecule has 0 spiro atoms. The number of nitrogens with one attached hydrogen (secondary N) is 2. The monoisotopic (exact) mass is 585 g/mol. The van der Waals surface area contributed by atoms with Crippen molar-refractivity contribution in [1.82, 2.24) is 9.79 Å². The summed E-state index contributed by atoms with van der Waals surface area (Å²) in [5.74, 6) is -4.17. The molecular formula is C19H19ClF2IN3O4S. The predicted molar refractivity (Wildman–Crippen MR) is 120 cm³/mol. The number of sulfonamides is 1. The molecule has 1 unspecified atom stereocenters. The molecule has 12 heteroatoms. The average Bonchev–Trinajstić information content (AvgIpc) is 3.53. The third-order valence-corrected chi connectivity index (χ3v) is 7.42. The van der Waals surface area contributed by atoms with Crippen molar-refractivity contribution in [3.05, 3.63) is 56.1 Å². The summed E-state index contributed by atoms with van der Waals surface area (Å²) in [5, 5.41) is 3.56. The van der Waals surface area contributed by atoms with Crippen LogP contribution in [0.25, 0.3) is 0 Å². The van der Waals surface area contributed by atoms with Crippen molar-refractivity contribution >= 4 is 55.8 Å². The third kappa shape index (κ3) is 5.45. The number of hydroxylamine groups is 1. The maximum Gasteiger partial charge on any atom is 0.278 e. The molecule has 1 fully saturated rings. The van der Waals surface area contributed by atoms with Crippen LogP contribution in [0.15, 0.2) is 35.2 Å². The Morgan fingerprint density at radius 1 is 1.23 bits per heavy atom. The summed E-state index contributed by atoms with van der Waals surface area (Å²) in [5.41, 5.74) is 2.03. The van der Waals surface area contributed by atoms with Crippen LogP contribution in [0.5, 0.6) is 0 Å². The molecule has 0 saturated heterocycles. The highest BCUT2D eigenvalue weighted by atomic mass is 127. The first kappa shape index (κ1) is 24.1.